The highest BCUT2D eigenvalue weighted by Gasteiger charge is 2.50. The van der Waals surface area contributed by atoms with Gasteiger partial charge >= 0.3 is 0 Å². The van der Waals surface area contributed by atoms with E-state index >= 15 is 0 Å². The molecular formula is C58H40N2. The largest absolute Gasteiger partial charge is 0.310 e. The van der Waals surface area contributed by atoms with Gasteiger partial charge in [-0.15, -0.1) is 0 Å². The van der Waals surface area contributed by atoms with Crippen molar-refractivity contribution in [1.82, 2.24) is 4.57 Å². The van der Waals surface area contributed by atoms with Crippen LogP contribution in [0.2, 0.25) is 0 Å². The van der Waals surface area contributed by atoms with E-state index in [-0.39, 0.29) is 5.41 Å². The number of nitrogens with zero attached hydrogens (tertiary/aromatic N) is 2. The van der Waals surface area contributed by atoms with Gasteiger partial charge in [0.05, 0.1) is 22.1 Å². The van der Waals surface area contributed by atoms with E-state index < -0.39 is 5.41 Å². The molecule has 9 aromatic carbocycles. The lowest BCUT2D eigenvalue weighted by Crippen LogP contribution is -2.33. The molecular weight excluding hydrogens is 725 g/mol. The molecule has 1 aliphatic heterocycles. The van der Waals surface area contributed by atoms with Crippen molar-refractivity contribution in [2.45, 2.75) is 24.7 Å². The van der Waals surface area contributed by atoms with Crippen LogP contribution in [0.1, 0.15) is 47.2 Å². The Balaban J connectivity index is 1.00. The van der Waals surface area contributed by atoms with Gasteiger partial charge < -0.3 is 9.47 Å². The van der Waals surface area contributed by atoms with E-state index in [1.807, 2.05) is 0 Å². The number of rotatable bonds is 4. The number of anilines is 3. The lowest BCUT2D eigenvalue weighted by atomic mass is 9.65. The number of hydrogen-bond acceptors (Lipinski definition) is 1. The van der Waals surface area contributed by atoms with Crippen molar-refractivity contribution in [2.75, 3.05) is 4.90 Å². The molecule has 2 nitrogen and oxygen atoms in total. The van der Waals surface area contributed by atoms with Gasteiger partial charge in [-0.2, -0.15) is 0 Å². The second-order valence-electron chi connectivity index (χ2n) is 17.2. The Morgan fingerprint density at radius 3 is 1.65 bits per heavy atom. The van der Waals surface area contributed by atoms with Crippen LogP contribution in [0.25, 0.3) is 60.9 Å². The van der Waals surface area contributed by atoms with Gasteiger partial charge in [0.15, 0.2) is 0 Å². The third-order valence-corrected chi connectivity index (χ3v) is 14.0. The summed E-state index contributed by atoms with van der Waals surface area (Å²) in [4.78, 5) is 2.41. The highest BCUT2D eigenvalue weighted by Crippen LogP contribution is 2.61. The fourth-order valence-electron chi connectivity index (χ4n) is 11.6. The molecule has 1 spiro atoms. The second kappa shape index (κ2) is 12.1. The number of fused-ring (bicyclic) bond motifs is 15. The van der Waals surface area contributed by atoms with Gasteiger partial charge in [-0.05, 0) is 115 Å². The summed E-state index contributed by atoms with van der Waals surface area (Å²) in [7, 11) is 0. The third-order valence-electron chi connectivity index (χ3n) is 14.0. The maximum absolute atomic E-state index is 2.54. The fraction of sp³-hybridized carbons (Fsp3) is 0.0690. The number of aromatic nitrogens is 1. The lowest BCUT2D eigenvalue weighted by Gasteiger charge is -2.39. The van der Waals surface area contributed by atoms with Crippen LogP contribution >= 0.6 is 0 Å². The van der Waals surface area contributed by atoms with E-state index in [1.165, 1.54) is 94.3 Å². The summed E-state index contributed by atoms with van der Waals surface area (Å²) in [6, 6.07) is 77.0. The first kappa shape index (κ1) is 33.5. The van der Waals surface area contributed by atoms with Crippen molar-refractivity contribution in [1.29, 1.82) is 0 Å². The summed E-state index contributed by atoms with van der Waals surface area (Å²) in [5, 5.41) is 2.51. The van der Waals surface area contributed by atoms with Gasteiger partial charge in [-0.25, -0.2) is 0 Å². The highest BCUT2D eigenvalue weighted by molar-refractivity contribution is 6.14. The molecule has 0 unspecified atom stereocenters. The molecule has 1 aromatic heterocycles. The molecule has 0 bridgehead atoms. The lowest BCUT2D eigenvalue weighted by molar-refractivity contribution is 0.662. The summed E-state index contributed by atoms with van der Waals surface area (Å²) in [6.45, 7) is 4.74. The molecule has 2 heteroatoms. The normalized spacial score (nSPS) is 14.4. The molecule has 2 aliphatic carbocycles. The minimum Gasteiger partial charge on any atom is -0.310 e. The molecule has 10 aromatic rings. The molecule has 13 rings (SSSR count). The van der Waals surface area contributed by atoms with E-state index in [0.717, 1.165) is 17.1 Å². The molecule has 0 saturated carbocycles. The number of hydrogen-bond donors (Lipinski definition) is 0. The smallest absolute Gasteiger partial charge is 0.0754 e. The molecule has 0 radical (unpaired) electrons. The Bertz CT molecular complexity index is 3360. The van der Waals surface area contributed by atoms with Crippen molar-refractivity contribution >= 4 is 38.9 Å². The molecule has 0 atom stereocenters. The first-order valence-corrected chi connectivity index (χ1v) is 21.1. The minimum absolute atomic E-state index is 0.0854. The Morgan fingerprint density at radius 1 is 0.383 bits per heavy atom. The molecule has 282 valence electrons. The van der Waals surface area contributed by atoms with Crippen LogP contribution in [0.5, 0.6) is 0 Å². The van der Waals surface area contributed by atoms with Crippen LogP contribution in [0.15, 0.2) is 206 Å². The zero-order valence-electron chi connectivity index (χ0n) is 33.5. The van der Waals surface area contributed by atoms with Crippen molar-refractivity contribution in [3.05, 3.63) is 240 Å². The van der Waals surface area contributed by atoms with Gasteiger partial charge in [-0.1, -0.05) is 172 Å². The van der Waals surface area contributed by atoms with E-state index in [4.69, 9.17) is 0 Å². The summed E-state index contributed by atoms with van der Waals surface area (Å²) in [6.07, 6.45) is 0. The van der Waals surface area contributed by atoms with Crippen molar-refractivity contribution in [2.24, 2.45) is 0 Å². The van der Waals surface area contributed by atoms with Gasteiger partial charge in [0, 0.05) is 33.2 Å². The maximum Gasteiger partial charge on any atom is 0.0754 e. The van der Waals surface area contributed by atoms with E-state index in [1.54, 1.807) is 0 Å². The first-order chi connectivity index (χ1) is 29.5. The third kappa shape index (κ3) is 4.22. The summed E-state index contributed by atoms with van der Waals surface area (Å²) in [5.41, 5.74) is 22.7. The molecule has 0 amide bonds. The standard InChI is InChI=1S/C58H40N2/c1-57(2)48-24-9-6-20-44(48)45-22-14-21-41(55(45)57)37-30-32-39(33-31-37)59(38-16-4-3-5-17-38)40-34-35-53-47(36-40)46-23-15-28-52-56(46)60(53)54-29-13-12-27-51(54)58(52)49-25-10-7-18-42(49)43-19-8-11-26-50(43)58/h3-36H,1-2H3. The van der Waals surface area contributed by atoms with Crippen LogP contribution in [0, 0.1) is 0 Å². The Labute approximate surface area is 350 Å². The zero-order chi connectivity index (χ0) is 39.7. The maximum atomic E-state index is 2.54. The molecule has 2 heterocycles. The van der Waals surface area contributed by atoms with Crippen LogP contribution in [0.3, 0.4) is 0 Å². The van der Waals surface area contributed by atoms with Gasteiger partial charge in [-0.3, -0.25) is 0 Å². The first-order valence-electron chi connectivity index (χ1n) is 21.1. The summed E-state index contributed by atoms with van der Waals surface area (Å²) in [5.74, 6) is 0. The van der Waals surface area contributed by atoms with Crippen molar-refractivity contribution in [3.8, 4) is 39.1 Å². The number of para-hydroxylation sites is 3. The van der Waals surface area contributed by atoms with Gasteiger partial charge in [0.25, 0.3) is 0 Å². The van der Waals surface area contributed by atoms with Crippen LogP contribution in [-0.2, 0) is 10.8 Å². The minimum atomic E-state index is -0.425. The molecule has 0 N–H and O–H groups in total. The Hall–Kier alpha value is -7.42. The summed E-state index contributed by atoms with van der Waals surface area (Å²) < 4.78 is 2.54. The van der Waals surface area contributed by atoms with Crippen molar-refractivity contribution in [3.63, 3.8) is 0 Å². The average molecular weight is 765 g/mol. The predicted octanol–water partition coefficient (Wildman–Crippen LogP) is 14.9. The average Bonchev–Trinajstić information content (AvgIpc) is 3.88. The summed E-state index contributed by atoms with van der Waals surface area (Å²) >= 11 is 0. The predicted molar refractivity (Wildman–Crippen MR) is 249 cm³/mol. The van der Waals surface area contributed by atoms with E-state index in [0.29, 0.717) is 0 Å². The Kier molecular flexibility index (Phi) is 6.74. The zero-order valence-corrected chi connectivity index (χ0v) is 33.5. The monoisotopic (exact) mass is 764 g/mol. The Morgan fingerprint density at radius 2 is 0.917 bits per heavy atom. The molecule has 3 aliphatic rings. The molecule has 0 saturated heterocycles. The fourth-order valence-corrected chi connectivity index (χ4v) is 11.6. The second-order valence-corrected chi connectivity index (χ2v) is 17.2. The van der Waals surface area contributed by atoms with Crippen LogP contribution in [-0.4, -0.2) is 4.57 Å². The molecule has 60 heavy (non-hydrogen) atoms. The van der Waals surface area contributed by atoms with E-state index in [2.05, 4.69) is 230 Å². The van der Waals surface area contributed by atoms with Crippen LogP contribution in [0.4, 0.5) is 17.1 Å². The van der Waals surface area contributed by atoms with Gasteiger partial charge in [0.2, 0.25) is 0 Å². The van der Waals surface area contributed by atoms with E-state index in [9.17, 15) is 0 Å². The number of benzene rings is 9. The SMILES string of the molecule is CC1(C)c2ccccc2-c2cccc(-c3ccc(N(c4ccccc4)c4ccc5c(c4)c4cccc6c4n5-c4ccccc4C64c5ccccc5-c5ccccc54)cc3)c21. The molecule has 0 fully saturated rings. The van der Waals surface area contributed by atoms with Crippen molar-refractivity contribution < 1.29 is 0 Å². The van der Waals surface area contributed by atoms with Crippen LogP contribution < -0.4 is 4.90 Å². The quantitative estimate of drug-likeness (QED) is 0.173. The topological polar surface area (TPSA) is 8.17 Å². The van der Waals surface area contributed by atoms with Gasteiger partial charge in [0.1, 0.15) is 0 Å². The highest BCUT2D eigenvalue weighted by atomic mass is 15.1.